The fraction of sp³-hybridized carbons (Fsp3) is 0.250. The first-order chi connectivity index (χ1) is 14.1. The lowest BCUT2D eigenvalue weighted by Gasteiger charge is -2.13. The zero-order valence-corrected chi connectivity index (χ0v) is 17.4. The number of hydrogen-bond acceptors (Lipinski definition) is 7. The first kappa shape index (κ1) is 20.4. The Bertz CT molecular complexity index is 1060. The van der Waals surface area contributed by atoms with Crippen LogP contribution in [0.2, 0.25) is 0 Å². The minimum atomic E-state index is 0.365. The van der Waals surface area contributed by atoms with Gasteiger partial charge in [-0.25, -0.2) is 5.10 Å². The number of nitrogens with zero attached hydrogens (tertiary/aromatic N) is 3. The molecule has 29 heavy (non-hydrogen) atoms. The quantitative estimate of drug-likeness (QED) is 0.444. The van der Waals surface area contributed by atoms with Gasteiger partial charge in [-0.15, -0.1) is 0 Å². The van der Waals surface area contributed by atoms with Gasteiger partial charge in [0.1, 0.15) is 5.75 Å². The normalized spacial score (nSPS) is 10.9. The smallest absolute Gasteiger partial charge is 0.216 e. The molecule has 1 aromatic heterocycles. The highest BCUT2D eigenvalue weighted by atomic mass is 32.1. The standard InChI is InChI=1S/C20H22N4O4S/c1-5-28-15-9-6-13(7-10-15)19-22-23-20(29)24(19)21-12-14-8-11-16(25-2)18(27-4)17(14)26-3/h6-12H,5H2,1-4H3,(H,23,29). The molecule has 2 aromatic carbocycles. The lowest BCUT2D eigenvalue weighted by Crippen LogP contribution is -2.00. The maximum atomic E-state index is 5.49. The Morgan fingerprint density at radius 1 is 1.03 bits per heavy atom. The molecule has 8 nitrogen and oxygen atoms in total. The number of nitrogens with one attached hydrogen (secondary N) is 1. The van der Waals surface area contributed by atoms with Crippen molar-refractivity contribution in [1.29, 1.82) is 0 Å². The molecular formula is C20H22N4O4S. The Hall–Kier alpha value is -3.33. The molecule has 0 unspecified atom stereocenters. The van der Waals surface area contributed by atoms with Crippen molar-refractivity contribution in [2.24, 2.45) is 5.10 Å². The number of H-pyrrole nitrogens is 1. The summed E-state index contributed by atoms with van der Waals surface area (Å²) in [4.78, 5) is 0. The van der Waals surface area contributed by atoms with E-state index in [2.05, 4.69) is 15.3 Å². The van der Waals surface area contributed by atoms with E-state index in [-0.39, 0.29) is 0 Å². The topological polar surface area (TPSA) is 82.9 Å². The molecule has 0 spiro atoms. The summed E-state index contributed by atoms with van der Waals surface area (Å²) in [6.07, 6.45) is 1.63. The van der Waals surface area contributed by atoms with Gasteiger partial charge in [0, 0.05) is 11.1 Å². The van der Waals surface area contributed by atoms with Gasteiger partial charge in [0.15, 0.2) is 17.3 Å². The highest BCUT2D eigenvalue weighted by molar-refractivity contribution is 7.71. The van der Waals surface area contributed by atoms with Crippen LogP contribution >= 0.6 is 12.2 Å². The van der Waals surface area contributed by atoms with Crippen LogP contribution in [0.1, 0.15) is 12.5 Å². The second-order valence-corrected chi connectivity index (χ2v) is 6.18. The van der Waals surface area contributed by atoms with E-state index in [0.717, 1.165) is 11.3 Å². The van der Waals surface area contributed by atoms with Crippen LogP contribution in [0.25, 0.3) is 11.4 Å². The number of rotatable bonds is 8. The molecule has 9 heteroatoms. The average Bonchev–Trinajstić information content (AvgIpc) is 3.12. The molecule has 152 valence electrons. The van der Waals surface area contributed by atoms with Gasteiger partial charge in [-0.2, -0.15) is 14.9 Å². The van der Waals surface area contributed by atoms with Gasteiger partial charge >= 0.3 is 0 Å². The van der Waals surface area contributed by atoms with Crippen LogP contribution < -0.4 is 18.9 Å². The van der Waals surface area contributed by atoms with Gasteiger partial charge < -0.3 is 18.9 Å². The summed E-state index contributed by atoms with van der Waals surface area (Å²) in [7, 11) is 4.68. The van der Waals surface area contributed by atoms with E-state index in [9.17, 15) is 0 Å². The minimum Gasteiger partial charge on any atom is -0.494 e. The molecule has 3 aromatic rings. The third-order valence-corrected chi connectivity index (χ3v) is 4.39. The summed E-state index contributed by atoms with van der Waals surface area (Å²) in [5, 5.41) is 11.6. The van der Waals surface area contributed by atoms with E-state index in [1.54, 1.807) is 38.3 Å². The van der Waals surface area contributed by atoms with Crippen molar-refractivity contribution in [2.75, 3.05) is 27.9 Å². The second kappa shape index (κ2) is 9.24. The number of methoxy groups -OCH3 is 3. The van der Waals surface area contributed by atoms with E-state index in [1.165, 1.54) is 0 Å². The lowest BCUT2D eigenvalue weighted by molar-refractivity contribution is 0.324. The highest BCUT2D eigenvalue weighted by Crippen LogP contribution is 2.39. The van der Waals surface area contributed by atoms with Crippen LogP contribution in [0, 0.1) is 4.77 Å². The van der Waals surface area contributed by atoms with Gasteiger partial charge in [-0.05, 0) is 55.5 Å². The molecule has 0 saturated heterocycles. The average molecular weight is 414 g/mol. The maximum absolute atomic E-state index is 5.49. The molecule has 0 aliphatic carbocycles. The van der Waals surface area contributed by atoms with E-state index < -0.39 is 0 Å². The zero-order valence-electron chi connectivity index (χ0n) is 16.6. The van der Waals surface area contributed by atoms with Gasteiger partial charge in [-0.3, -0.25) is 0 Å². The van der Waals surface area contributed by atoms with E-state index >= 15 is 0 Å². The molecule has 3 rings (SSSR count). The summed E-state index contributed by atoms with van der Waals surface area (Å²) in [6.45, 7) is 2.55. The van der Waals surface area contributed by atoms with Crippen LogP contribution in [0.15, 0.2) is 41.5 Å². The summed E-state index contributed by atoms with van der Waals surface area (Å²) >= 11 is 5.34. The van der Waals surface area contributed by atoms with Crippen molar-refractivity contribution in [2.45, 2.75) is 6.92 Å². The molecule has 1 heterocycles. The molecule has 0 bridgehead atoms. The number of ether oxygens (including phenoxy) is 4. The maximum Gasteiger partial charge on any atom is 0.216 e. The molecule has 1 N–H and O–H groups in total. The van der Waals surface area contributed by atoms with Gasteiger partial charge in [0.05, 0.1) is 34.2 Å². The largest absolute Gasteiger partial charge is 0.494 e. The van der Waals surface area contributed by atoms with Crippen LogP contribution in [-0.4, -0.2) is 49.0 Å². The first-order valence-electron chi connectivity index (χ1n) is 8.86. The van der Waals surface area contributed by atoms with E-state index in [1.807, 2.05) is 37.3 Å². The summed E-state index contributed by atoms with van der Waals surface area (Å²) < 4.78 is 23.6. The Morgan fingerprint density at radius 2 is 1.76 bits per heavy atom. The van der Waals surface area contributed by atoms with Gasteiger partial charge in [-0.1, -0.05) is 0 Å². The van der Waals surface area contributed by atoms with Crippen LogP contribution in [0.4, 0.5) is 0 Å². The number of hydrogen-bond donors (Lipinski definition) is 1. The fourth-order valence-electron chi connectivity index (χ4n) is 2.80. The van der Waals surface area contributed by atoms with Crippen molar-refractivity contribution in [3.8, 4) is 34.4 Å². The lowest BCUT2D eigenvalue weighted by atomic mass is 10.2. The second-order valence-electron chi connectivity index (χ2n) is 5.79. The number of aromatic amines is 1. The van der Waals surface area contributed by atoms with E-state index in [0.29, 0.717) is 40.0 Å². The Morgan fingerprint density at radius 3 is 2.38 bits per heavy atom. The van der Waals surface area contributed by atoms with Crippen molar-refractivity contribution in [3.63, 3.8) is 0 Å². The predicted octanol–water partition coefficient (Wildman–Crippen LogP) is 3.91. The summed E-state index contributed by atoms with van der Waals surface area (Å²) in [5.74, 6) is 2.93. The zero-order chi connectivity index (χ0) is 20.8. The first-order valence-corrected chi connectivity index (χ1v) is 9.27. The van der Waals surface area contributed by atoms with Crippen LogP contribution in [0.5, 0.6) is 23.0 Å². The van der Waals surface area contributed by atoms with Crippen LogP contribution in [0.3, 0.4) is 0 Å². The molecule has 0 amide bonds. The third-order valence-electron chi connectivity index (χ3n) is 4.12. The Balaban J connectivity index is 1.99. The molecule has 0 aliphatic rings. The molecular weight excluding hydrogens is 392 g/mol. The number of aromatic nitrogens is 3. The minimum absolute atomic E-state index is 0.365. The third kappa shape index (κ3) is 4.24. The Labute approximate surface area is 173 Å². The highest BCUT2D eigenvalue weighted by Gasteiger charge is 2.15. The molecule has 0 aliphatic heterocycles. The van der Waals surface area contributed by atoms with Crippen molar-refractivity contribution in [3.05, 3.63) is 46.7 Å². The molecule has 0 radical (unpaired) electrons. The fourth-order valence-corrected chi connectivity index (χ4v) is 2.98. The monoisotopic (exact) mass is 414 g/mol. The SMILES string of the molecule is CCOc1ccc(-c2n[nH]c(=S)n2N=Cc2ccc(OC)c(OC)c2OC)cc1. The molecule has 0 atom stereocenters. The molecule has 0 fully saturated rings. The molecule has 0 saturated carbocycles. The number of benzene rings is 2. The van der Waals surface area contributed by atoms with Crippen LogP contribution in [-0.2, 0) is 0 Å². The van der Waals surface area contributed by atoms with Crippen molar-refractivity contribution in [1.82, 2.24) is 14.9 Å². The summed E-state index contributed by atoms with van der Waals surface area (Å²) in [6, 6.07) is 11.2. The van der Waals surface area contributed by atoms with Crippen molar-refractivity contribution < 1.29 is 18.9 Å². The van der Waals surface area contributed by atoms with Gasteiger partial charge in [0.25, 0.3) is 0 Å². The van der Waals surface area contributed by atoms with Crippen molar-refractivity contribution >= 4 is 18.4 Å². The van der Waals surface area contributed by atoms with E-state index in [4.69, 9.17) is 31.2 Å². The summed E-state index contributed by atoms with van der Waals surface area (Å²) in [5.41, 5.74) is 1.54. The van der Waals surface area contributed by atoms with Gasteiger partial charge in [0.2, 0.25) is 10.5 Å². The predicted molar refractivity (Wildman–Crippen MR) is 113 cm³/mol. The Kier molecular flexibility index (Phi) is 6.50.